The van der Waals surface area contributed by atoms with Crippen LogP contribution in [0.4, 0.5) is 0 Å². The summed E-state index contributed by atoms with van der Waals surface area (Å²) in [5.74, 6) is 0.242. The van der Waals surface area contributed by atoms with E-state index >= 15 is 0 Å². The van der Waals surface area contributed by atoms with Crippen LogP contribution in [0.3, 0.4) is 0 Å². The molecule has 1 aliphatic heterocycles. The molecule has 3 aromatic rings. The zero-order valence-corrected chi connectivity index (χ0v) is 15.0. The molecule has 0 saturated carbocycles. The highest BCUT2D eigenvalue weighted by molar-refractivity contribution is 5.93. The van der Waals surface area contributed by atoms with E-state index in [9.17, 15) is 9.59 Å². The van der Waals surface area contributed by atoms with Gasteiger partial charge in [0.15, 0.2) is 0 Å². The van der Waals surface area contributed by atoms with Crippen molar-refractivity contribution in [3.63, 3.8) is 0 Å². The highest BCUT2D eigenvalue weighted by Crippen LogP contribution is 2.24. The third kappa shape index (κ3) is 3.10. The maximum atomic E-state index is 12.8. The van der Waals surface area contributed by atoms with Crippen molar-refractivity contribution in [1.82, 2.24) is 24.6 Å². The van der Waals surface area contributed by atoms with Crippen LogP contribution in [-0.4, -0.2) is 43.0 Å². The number of amides is 2. The summed E-state index contributed by atoms with van der Waals surface area (Å²) >= 11 is 0. The van der Waals surface area contributed by atoms with Gasteiger partial charge in [0.2, 0.25) is 5.91 Å². The third-order valence-corrected chi connectivity index (χ3v) is 4.80. The van der Waals surface area contributed by atoms with E-state index in [1.165, 1.54) is 0 Å². The van der Waals surface area contributed by atoms with Crippen LogP contribution >= 0.6 is 0 Å². The Balaban J connectivity index is 1.55. The Labute approximate surface area is 156 Å². The maximum Gasteiger partial charge on any atom is 0.272 e. The van der Waals surface area contributed by atoms with Crippen molar-refractivity contribution in [2.24, 2.45) is 5.73 Å². The number of aryl methyl sites for hydroxylation is 1. The molecule has 3 heterocycles. The lowest BCUT2D eigenvalue weighted by Crippen LogP contribution is -2.37. The summed E-state index contributed by atoms with van der Waals surface area (Å²) in [5, 5.41) is 4.17. The number of benzene rings is 1. The smallest absolute Gasteiger partial charge is 0.272 e. The Morgan fingerprint density at radius 1 is 1.22 bits per heavy atom. The summed E-state index contributed by atoms with van der Waals surface area (Å²) in [5.41, 5.74) is 9.12. The summed E-state index contributed by atoms with van der Waals surface area (Å²) in [4.78, 5) is 33.8. The number of fused-ring (bicyclic) bond motifs is 1. The van der Waals surface area contributed by atoms with E-state index in [1.807, 2.05) is 24.0 Å². The van der Waals surface area contributed by atoms with Crippen molar-refractivity contribution in [3.8, 4) is 11.4 Å². The number of imidazole rings is 1. The third-order valence-electron chi connectivity index (χ3n) is 4.80. The Morgan fingerprint density at radius 2 is 2.00 bits per heavy atom. The monoisotopic (exact) mass is 364 g/mol. The Bertz CT molecular complexity index is 1000. The summed E-state index contributed by atoms with van der Waals surface area (Å²) in [7, 11) is 0. The topological polar surface area (TPSA) is 110 Å². The van der Waals surface area contributed by atoms with E-state index < -0.39 is 5.91 Å². The average molecular weight is 364 g/mol. The van der Waals surface area contributed by atoms with Crippen LogP contribution in [0.2, 0.25) is 0 Å². The molecule has 2 amide bonds. The van der Waals surface area contributed by atoms with Gasteiger partial charge in [-0.2, -0.15) is 5.10 Å². The molecule has 0 aliphatic carbocycles. The molecule has 1 aliphatic rings. The number of aromatic nitrogens is 4. The normalized spacial score (nSPS) is 13.4. The van der Waals surface area contributed by atoms with Gasteiger partial charge in [-0.1, -0.05) is 12.1 Å². The van der Waals surface area contributed by atoms with Crippen molar-refractivity contribution in [1.29, 1.82) is 0 Å². The predicted molar refractivity (Wildman–Crippen MR) is 98.9 cm³/mol. The minimum Gasteiger partial charge on any atom is -0.366 e. The maximum absolute atomic E-state index is 12.8. The van der Waals surface area contributed by atoms with Crippen LogP contribution in [-0.2, 0) is 19.5 Å². The number of hydrogen-bond donors (Lipinski definition) is 2. The Hall–Kier alpha value is -3.42. The van der Waals surface area contributed by atoms with Crippen LogP contribution in [0, 0.1) is 0 Å². The second-order valence-corrected chi connectivity index (χ2v) is 6.46. The first-order chi connectivity index (χ1) is 13.1. The molecule has 0 spiro atoms. The van der Waals surface area contributed by atoms with E-state index in [0.717, 1.165) is 22.8 Å². The first-order valence-corrected chi connectivity index (χ1v) is 8.86. The van der Waals surface area contributed by atoms with E-state index in [2.05, 4.69) is 15.1 Å². The highest BCUT2D eigenvalue weighted by Gasteiger charge is 2.26. The van der Waals surface area contributed by atoms with Crippen LogP contribution in [0.1, 0.15) is 39.2 Å². The number of carbonyl (C=O) groups excluding carboxylic acids is 2. The SMILES string of the molecule is CCn1nccc1C(=O)N1CCc2nc(-c3ccc(C(N)=O)cc3)[nH]c2C1. The molecule has 0 saturated heterocycles. The number of carbonyl (C=O) groups is 2. The van der Waals surface area contributed by atoms with Gasteiger partial charge in [0.1, 0.15) is 11.5 Å². The minimum absolute atomic E-state index is 0.0260. The lowest BCUT2D eigenvalue weighted by Gasteiger charge is -2.26. The predicted octanol–water partition coefficient (Wildman–Crippen LogP) is 1.59. The van der Waals surface area contributed by atoms with Crippen molar-refractivity contribution in [2.75, 3.05) is 6.54 Å². The molecular weight excluding hydrogens is 344 g/mol. The van der Waals surface area contributed by atoms with Crippen LogP contribution < -0.4 is 5.73 Å². The molecule has 27 heavy (non-hydrogen) atoms. The fourth-order valence-corrected chi connectivity index (χ4v) is 3.32. The number of nitrogens with two attached hydrogens (primary N) is 1. The lowest BCUT2D eigenvalue weighted by atomic mass is 10.1. The molecule has 1 aromatic carbocycles. The number of hydrogen-bond acceptors (Lipinski definition) is 4. The summed E-state index contributed by atoms with van der Waals surface area (Å²) in [6.45, 7) is 3.71. The number of primary amides is 1. The molecule has 0 atom stereocenters. The Kier molecular flexibility index (Phi) is 4.23. The van der Waals surface area contributed by atoms with Gasteiger partial charge in [-0.15, -0.1) is 0 Å². The zero-order chi connectivity index (χ0) is 19.0. The van der Waals surface area contributed by atoms with Gasteiger partial charge >= 0.3 is 0 Å². The number of rotatable bonds is 4. The van der Waals surface area contributed by atoms with E-state index in [4.69, 9.17) is 5.73 Å². The van der Waals surface area contributed by atoms with Crippen LogP contribution in [0.5, 0.6) is 0 Å². The highest BCUT2D eigenvalue weighted by atomic mass is 16.2. The molecule has 8 heteroatoms. The quantitative estimate of drug-likeness (QED) is 0.732. The molecule has 2 aromatic heterocycles. The average Bonchev–Trinajstić information content (AvgIpc) is 3.33. The standard InChI is InChI=1S/C19H20N6O2/c1-2-25-16(7-9-21-25)19(27)24-10-8-14-15(11-24)23-18(22-14)13-5-3-12(4-6-13)17(20)26/h3-7,9H,2,8,10-11H2,1H3,(H2,20,26)(H,22,23). The van der Waals surface area contributed by atoms with Gasteiger partial charge in [0, 0.05) is 36.8 Å². The van der Waals surface area contributed by atoms with Crippen molar-refractivity contribution >= 4 is 11.8 Å². The van der Waals surface area contributed by atoms with Gasteiger partial charge in [0.05, 0.1) is 17.9 Å². The zero-order valence-electron chi connectivity index (χ0n) is 15.0. The molecule has 8 nitrogen and oxygen atoms in total. The molecule has 0 fully saturated rings. The number of nitrogens with zero attached hydrogens (tertiary/aromatic N) is 4. The van der Waals surface area contributed by atoms with Gasteiger partial charge < -0.3 is 15.6 Å². The first-order valence-electron chi connectivity index (χ1n) is 8.86. The van der Waals surface area contributed by atoms with E-state index in [1.54, 1.807) is 29.1 Å². The number of aromatic amines is 1. The largest absolute Gasteiger partial charge is 0.366 e. The van der Waals surface area contributed by atoms with Crippen LogP contribution in [0.25, 0.3) is 11.4 Å². The van der Waals surface area contributed by atoms with Gasteiger partial charge in [0.25, 0.3) is 5.91 Å². The van der Waals surface area contributed by atoms with Gasteiger partial charge in [-0.25, -0.2) is 4.98 Å². The fourth-order valence-electron chi connectivity index (χ4n) is 3.32. The minimum atomic E-state index is -0.458. The molecule has 4 rings (SSSR count). The summed E-state index contributed by atoms with van der Waals surface area (Å²) in [6.07, 6.45) is 2.34. The molecule has 0 bridgehead atoms. The van der Waals surface area contributed by atoms with Crippen molar-refractivity contribution in [3.05, 3.63) is 59.2 Å². The van der Waals surface area contributed by atoms with Gasteiger partial charge in [-0.3, -0.25) is 14.3 Å². The lowest BCUT2D eigenvalue weighted by molar-refractivity contribution is 0.0719. The van der Waals surface area contributed by atoms with E-state index in [0.29, 0.717) is 37.3 Å². The summed E-state index contributed by atoms with van der Waals surface area (Å²) in [6, 6.07) is 8.74. The molecule has 0 radical (unpaired) electrons. The van der Waals surface area contributed by atoms with Crippen molar-refractivity contribution < 1.29 is 9.59 Å². The number of H-pyrrole nitrogens is 1. The van der Waals surface area contributed by atoms with Crippen molar-refractivity contribution in [2.45, 2.75) is 26.4 Å². The molecule has 0 unspecified atom stereocenters. The molecule has 138 valence electrons. The first kappa shape index (κ1) is 17.0. The second kappa shape index (κ2) is 6.71. The fraction of sp³-hybridized carbons (Fsp3) is 0.263. The number of nitrogens with one attached hydrogen (secondary N) is 1. The van der Waals surface area contributed by atoms with Gasteiger partial charge in [-0.05, 0) is 25.1 Å². The molecule has 3 N–H and O–H groups in total. The second-order valence-electron chi connectivity index (χ2n) is 6.46. The summed E-state index contributed by atoms with van der Waals surface area (Å²) < 4.78 is 1.70. The molecular formula is C19H20N6O2. The Morgan fingerprint density at radius 3 is 2.70 bits per heavy atom. The van der Waals surface area contributed by atoms with E-state index in [-0.39, 0.29) is 5.91 Å². The van der Waals surface area contributed by atoms with Crippen LogP contribution in [0.15, 0.2) is 36.5 Å².